The van der Waals surface area contributed by atoms with E-state index in [4.69, 9.17) is 27.2 Å². The average molecular weight is 440 g/mol. The smallest absolute Gasteiger partial charge is 0.248 e. The maximum Gasteiger partial charge on any atom is 0.248 e. The van der Waals surface area contributed by atoms with E-state index in [1.165, 1.54) is 0 Å². The van der Waals surface area contributed by atoms with E-state index in [0.29, 0.717) is 31.6 Å². The number of H-pyrrole nitrogens is 1. The highest BCUT2D eigenvalue weighted by Gasteiger charge is 2.16. The molecular formula is C25H25N7O. The number of carbonyl (C=O) groups excluding carboxylic acids is 1. The molecule has 1 amide bonds. The lowest BCUT2D eigenvalue weighted by Crippen LogP contribution is -2.10. The number of rotatable bonds is 7. The van der Waals surface area contributed by atoms with Gasteiger partial charge in [-0.15, -0.1) is 0 Å². The molecule has 2 aromatic heterocycles. The van der Waals surface area contributed by atoms with Gasteiger partial charge in [0, 0.05) is 25.2 Å². The Labute approximate surface area is 190 Å². The normalized spacial score (nSPS) is 11.5. The second kappa shape index (κ2) is 8.50. The van der Waals surface area contributed by atoms with Crippen molar-refractivity contribution in [1.82, 2.24) is 19.5 Å². The molecule has 2 heterocycles. The highest BCUT2D eigenvalue weighted by atomic mass is 16.1. The maximum atomic E-state index is 11.7. The van der Waals surface area contributed by atoms with Crippen LogP contribution < -0.4 is 17.2 Å². The van der Waals surface area contributed by atoms with Crippen molar-refractivity contribution >= 4 is 28.0 Å². The topological polar surface area (TPSA) is 142 Å². The van der Waals surface area contributed by atoms with Gasteiger partial charge in [-0.2, -0.15) is 0 Å². The summed E-state index contributed by atoms with van der Waals surface area (Å²) in [4.78, 5) is 24.7. The van der Waals surface area contributed by atoms with E-state index in [9.17, 15) is 4.79 Å². The minimum absolute atomic E-state index is 0.432. The molecule has 0 aliphatic carbocycles. The largest absolute Gasteiger partial charge is 0.366 e. The molecule has 3 aromatic carbocycles. The van der Waals surface area contributed by atoms with E-state index in [-0.39, 0.29) is 0 Å². The van der Waals surface area contributed by atoms with Crippen LogP contribution in [0.3, 0.4) is 0 Å². The fraction of sp³-hybridized carbons (Fsp3) is 0.160. The summed E-state index contributed by atoms with van der Waals surface area (Å²) in [6.45, 7) is 1.58. The number of imidazole rings is 2. The monoisotopic (exact) mass is 439 g/mol. The standard InChI is InChI=1S/C25H25N7O/c26-12-15-2-1-3-17(8-15)14-32-22-7-5-18(25(28)33)10-21(22)31-24(32)11-23-29-19-6-4-16(13-27)9-20(19)30-23/h1-10H,11-14,26-27H2,(H2,28,33)(H,29,30). The lowest BCUT2D eigenvalue weighted by atomic mass is 10.1. The number of fused-ring (bicyclic) bond motifs is 2. The van der Waals surface area contributed by atoms with Crippen molar-refractivity contribution in [2.75, 3.05) is 0 Å². The number of nitrogens with one attached hydrogen (secondary N) is 1. The van der Waals surface area contributed by atoms with Crippen LogP contribution >= 0.6 is 0 Å². The summed E-state index contributed by atoms with van der Waals surface area (Å²) >= 11 is 0. The number of nitrogens with two attached hydrogens (primary N) is 3. The van der Waals surface area contributed by atoms with Crippen molar-refractivity contribution in [3.05, 3.63) is 94.6 Å². The Bertz CT molecular complexity index is 1480. The van der Waals surface area contributed by atoms with Crippen LogP contribution in [0.4, 0.5) is 0 Å². The Balaban J connectivity index is 1.58. The van der Waals surface area contributed by atoms with Gasteiger partial charge in [0.2, 0.25) is 5.91 Å². The molecule has 5 aromatic rings. The molecule has 33 heavy (non-hydrogen) atoms. The Hall–Kier alpha value is -4.01. The fourth-order valence-electron chi connectivity index (χ4n) is 4.15. The molecule has 166 valence electrons. The van der Waals surface area contributed by atoms with Gasteiger partial charge in [0.15, 0.2) is 0 Å². The molecule has 0 bridgehead atoms. The van der Waals surface area contributed by atoms with Crippen molar-refractivity contribution in [3.8, 4) is 0 Å². The molecule has 0 radical (unpaired) electrons. The third-order valence-electron chi connectivity index (χ3n) is 5.84. The molecule has 0 fully saturated rings. The predicted molar refractivity (Wildman–Crippen MR) is 128 cm³/mol. The lowest BCUT2D eigenvalue weighted by molar-refractivity contribution is 0.100. The fourth-order valence-corrected chi connectivity index (χ4v) is 4.15. The van der Waals surface area contributed by atoms with Gasteiger partial charge in [-0.1, -0.05) is 30.3 Å². The van der Waals surface area contributed by atoms with Crippen molar-refractivity contribution in [3.63, 3.8) is 0 Å². The summed E-state index contributed by atoms with van der Waals surface area (Å²) < 4.78 is 2.15. The first-order valence-electron chi connectivity index (χ1n) is 10.8. The molecule has 0 atom stereocenters. The first-order chi connectivity index (χ1) is 16.0. The number of carbonyl (C=O) groups is 1. The zero-order chi connectivity index (χ0) is 22.9. The Kier molecular flexibility index (Phi) is 5.37. The summed E-state index contributed by atoms with van der Waals surface area (Å²) in [5, 5.41) is 0. The molecule has 0 saturated heterocycles. The molecule has 5 rings (SSSR count). The Morgan fingerprint density at radius 3 is 2.45 bits per heavy atom. The quantitative estimate of drug-likeness (QED) is 0.308. The van der Waals surface area contributed by atoms with Crippen LogP contribution in [0.1, 0.15) is 38.7 Å². The molecule has 8 nitrogen and oxygen atoms in total. The summed E-state index contributed by atoms with van der Waals surface area (Å²) in [5.74, 6) is 1.17. The average Bonchev–Trinajstić information content (AvgIpc) is 3.38. The summed E-state index contributed by atoms with van der Waals surface area (Å²) in [6, 6.07) is 19.5. The number of hydrogen-bond acceptors (Lipinski definition) is 5. The van der Waals surface area contributed by atoms with Crippen molar-refractivity contribution in [2.45, 2.75) is 26.1 Å². The minimum Gasteiger partial charge on any atom is -0.366 e. The maximum absolute atomic E-state index is 11.7. The molecule has 0 aliphatic heterocycles. The van der Waals surface area contributed by atoms with Gasteiger partial charge in [-0.3, -0.25) is 4.79 Å². The molecule has 8 heteroatoms. The van der Waals surface area contributed by atoms with Crippen molar-refractivity contribution in [2.24, 2.45) is 17.2 Å². The number of hydrogen-bond donors (Lipinski definition) is 4. The Morgan fingerprint density at radius 1 is 0.879 bits per heavy atom. The zero-order valence-corrected chi connectivity index (χ0v) is 18.1. The van der Waals surface area contributed by atoms with E-state index < -0.39 is 5.91 Å². The van der Waals surface area contributed by atoms with Crippen LogP contribution in [0.15, 0.2) is 60.7 Å². The number of primary amides is 1. The summed E-state index contributed by atoms with van der Waals surface area (Å²) in [6.07, 6.45) is 0.504. The first-order valence-corrected chi connectivity index (χ1v) is 10.8. The zero-order valence-electron chi connectivity index (χ0n) is 18.1. The highest BCUT2D eigenvalue weighted by Crippen LogP contribution is 2.23. The first kappa shape index (κ1) is 20.9. The van der Waals surface area contributed by atoms with Crippen LogP contribution in [-0.4, -0.2) is 25.4 Å². The van der Waals surface area contributed by atoms with E-state index in [0.717, 1.165) is 50.4 Å². The molecule has 7 N–H and O–H groups in total. The molecule has 0 aliphatic rings. The Morgan fingerprint density at radius 2 is 1.67 bits per heavy atom. The van der Waals surface area contributed by atoms with Gasteiger partial charge in [0.25, 0.3) is 0 Å². The number of benzene rings is 3. The molecule has 0 saturated carbocycles. The van der Waals surface area contributed by atoms with E-state index in [1.807, 2.05) is 36.4 Å². The van der Waals surface area contributed by atoms with Crippen LogP contribution in [0.25, 0.3) is 22.1 Å². The van der Waals surface area contributed by atoms with E-state index >= 15 is 0 Å². The van der Waals surface area contributed by atoms with Crippen LogP contribution in [0, 0.1) is 0 Å². The number of aromatic nitrogens is 4. The van der Waals surface area contributed by atoms with Crippen LogP contribution in [-0.2, 0) is 26.1 Å². The second-order valence-electron chi connectivity index (χ2n) is 8.12. The third kappa shape index (κ3) is 4.09. The molecule has 0 unspecified atom stereocenters. The SMILES string of the molecule is NCc1cccc(Cn2c(Cc3nc4ccc(CN)cc4[nH]3)nc3cc(C(N)=O)ccc32)c1. The van der Waals surface area contributed by atoms with E-state index in [2.05, 4.69) is 21.7 Å². The van der Waals surface area contributed by atoms with Crippen LogP contribution in [0.2, 0.25) is 0 Å². The molecule has 0 spiro atoms. The van der Waals surface area contributed by atoms with E-state index in [1.54, 1.807) is 12.1 Å². The van der Waals surface area contributed by atoms with Gasteiger partial charge in [0.05, 0.1) is 28.5 Å². The van der Waals surface area contributed by atoms with Gasteiger partial charge < -0.3 is 26.8 Å². The second-order valence-corrected chi connectivity index (χ2v) is 8.12. The predicted octanol–water partition coefficient (Wildman–Crippen LogP) is 2.57. The minimum atomic E-state index is -0.475. The lowest BCUT2D eigenvalue weighted by Gasteiger charge is -2.10. The van der Waals surface area contributed by atoms with Crippen LogP contribution in [0.5, 0.6) is 0 Å². The van der Waals surface area contributed by atoms with Crippen molar-refractivity contribution in [1.29, 1.82) is 0 Å². The number of aromatic amines is 1. The van der Waals surface area contributed by atoms with Gasteiger partial charge in [0.1, 0.15) is 11.6 Å². The third-order valence-corrected chi connectivity index (χ3v) is 5.84. The van der Waals surface area contributed by atoms with Crippen molar-refractivity contribution < 1.29 is 4.79 Å². The van der Waals surface area contributed by atoms with Gasteiger partial charge >= 0.3 is 0 Å². The molecular weight excluding hydrogens is 414 g/mol. The number of nitrogens with zero attached hydrogens (tertiary/aromatic N) is 3. The van der Waals surface area contributed by atoms with Gasteiger partial charge in [-0.25, -0.2) is 9.97 Å². The summed E-state index contributed by atoms with van der Waals surface area (Å²) in [7, 11) is 0. The van der Waals surface area contributed by atoms with Gasteiger partial charge in [-0.05, 0) is 47.0 Å². The summed E-state index contributed by atoms with van der Waals surface area (Å²) in [5.41, 5.74) is 24.2. The number of amides is 1. The highest BCUT2D eigenvalue weighted by molar-refractivity contribution is 5.96.